The van der Waals surface area contributed by atoms with Gasteiger partial charge in [0.2, 0.25) is 0 Å². The van der Waals surface area contributed by atoms with E-state index in [9.17, 15) is 14.0 Å². The monoisotopic (exact) mass is 384 g/mol. The molecule has 0 bridgehead atoms. The molecule has 4 rings (SSSR count). The molecule has 2 aliphatic rings. The van der Waals surface area contributed by atoms with Crippen molar-refractivity contribution in [3.63, 3.8) is 0 Å². The zero-order valence-electron chi connectivity index (χ0n) is 15.3. The summed E-state index contributed by atoms with van der Waals surface area (Å²) in [7, 11) is 0. The lowest BCUT2D eigenvalue weighted by molar-refractivity contribution is 0.0693. The molecule has 2 aromatic carbocycles. The lowest BCUT2D eigenvalue weighted by Crippen LogP contribution is -2.46. The van der Waals surface area contributed by atoms with Crippen LogP contribution in [0, 0.1) is 5.82 Å². The van der Waals surface area contributed by atoms with Gasteiger partial charge in [0.1, 0.15) is 19.0 Å². The second-order valence-corrected chi connectivity index (χ2v) is 6.85. The molecule has 0 aliphatic carbocycles. The molecule has 2 aliphatic heterocycles. The van der Waals surface area contributed by atoms with Gasteiger partial charge in [-0.3, -0.25) is 9.59 Å². The molecule has 2 heterocycles. The Morgan fingerprint density at radius 3 is 2.46 bits per heavy atom. The number of fused-ring (bicyclic) bond motifs is 1. The number of rotatable bonds is 3. The largest absolute Gasteiger partial charge is 0.486 e. The van der Waals surface area contributed by atoms with E-state index in [-0.39, 0.29) is 23.4 Å². The number of ether oxygens (including phenoxy) is 2. The lowest BCUT2D eigenvalue weighted by atomic mass is 10.0. The van der Waals surface area contributed by atoms with E-state index in [4.69, 9.17) is 9.47 Å². The highest BCUT2D eigenvalue weighted by atomic mass is 19.1. The van der Waals surface area contributed by atoms with Gasteiger partial charge in [0.15, 0.2) is 11.5 Å². The standard InChI is InChI=1S/C21H21FN2O4/c22-17-6-2-1-4-15(17)21(26)24-10-8-14(9-11-24)23-20(25)16-5-3-7-18-19(16)28-13-12-27-18/h1-7,14H,8-13H2,(H,23,25). The molecule has 0 aromatic heterocycles. The molecule has 0 saturated carbocycles. The molecule has 1 N–H and O–H groups in total. The molecule has 6 nitrogen and oxygen atoms in total. The Morgan fingerprint density at radius 1 is 0.964 bits per heavy atom. The van der Waals surface area contributed by atoms with E-state index >= 15 is 0 Å². The van der Waals surface area contributed by atoms with E-state index in [1.807, 2.05) is 0 Å². The van der Waals surface area contributed by atoms with E-state index in [2.05, 4.69) is 5.32 Å². The van der Waals surface area contributed by atoms with Gasteiger partial charge in [-0.2, -0.15) is 0 Å². The van der Waals surface area contributed by atoms with Crippen LogP contribution in [-0.2, 0) is 0 Å². The number of hydrogen-bond acceptors (Lipinski definition) is 4. The third-order valence-electron chi connectivity index (χ3n) is 5.03. The molecular weight excluding hydrogens is 363 g/mol. The van der Waals surface area contributed by atoms with E-state index in [0.717, 1.165) is 0 Å². The van der Waals surface area contributed by atoms with Gasteiger partial charge >= 0.3 is 0 Å². The van der Waals surface area contributed by atoms with Crippen LogP contribution >= 0.6 is 0 Å². The SMILES string of the molecule is O=C(NC1CCN(C(=O)c2ccccc2F)CC1)c1cccc2c1OCCO2. The van der Waals surface area contributed by atoms with Crippen molar-refractivity contribution in [2.45, 2.75) is 18.9 Å². The van der Waals surface area contributed by atoms with Gasteiger partial charge < -0.3 is 19.7 Å². The zero-order valence-corrected chi connectivity index (χ0v) is 15.3. The topological polar surface area (TPSA) is 67.9 Å². The first kappa shape index (κ1) is 18.3. The summed E-state index contributed by atoms with van der Waals surface area (Å²) >= 11 is 0. The highest BCUT2D eigenvalue weighted by Gasteiger charge is 2.27. The van der Waals surface area contributed by atoms with Gasteiger partial charge in [-0.15, -0.1) is 0 Å². The van der Waals surface area contributed by atoms with Crippen LogP contribution in [0.4, 0.5) is 4.39 Å². The van der Waals surface area contributed by atoms with Crippen LogP contribution < -0.4 is 14.8 Å². The third-order valence-corrected chi connectivity index (χ3v) is 5.03. The van der Waals surface area contributed by atoms with Crippen molar-refractivity contribution in [3.05, 3.63) is 59.4 Å². The summed E-state index contributed by atoms with van der Waals surface area (Å²) < 4.78 is 25.0. The number of nitrogens with one attached hydrogen (secondary N) is 1. The average Bonchev–Trinajstić information content (AvgIpc) is 2.73. The molecule has 2 aromatic rings. The number of likely N-dealkylation sites (tertiary alicyclic amines) is 1. The summed E-state index contributed by atoms with van der Waals surface area (Å²) in [5, 5.41) is 3.01. The molecule has 0 atom stereocenters. The Morgan fingerprint density at radius 2 is 1.68 bits per heavy atom. The number of halogens is 1. The van der Waals surface area contributed by atoms with Crippen LogP contribution in [0.25, 0.3) is 0 Å². The van der Waals surface area contributed by atoms with Gasteiger partial charge in [-0.05, 0) is 37.1 Å². The van der Waals surface area contributed by atoms with Crippen LogP contribution in [0.5, 0.6) is 11.5 Å². The van der Waals surface area contributed by atoms with Gasteiger partial charge in [0.05, 0.1) is 11.1 Å². The Labute approximate surface area is 162 Å². The van der Waals surface area contributed by atoms with Crippen molar-refractivity contribution in [2.75, 3.05) is 26.3 Å². The predicted octanol–water partition coefficient (Wildman–Crippen LogP) is 2.63. The fraction of sp³-hybridized carbons (Fsp3) is 0.333. The van der Waals surface area contributed by atoms with Crippen LogP contribution in [0.3, 0.4) is 0 Å². The number of benzene rings is 2. The second-order valence-electron chi connectivity index (χ2n) is 6.85. The molecule has 146 valence electrons. The fourth-order valence-corrected chi connectivity index (χ4v) is 3.55. The summed E-state index contributed by atoms with van der Waals surface area (Å²) in [6.07, 6.45) is 1.22. The fourth-order valence-electron chi connectivity index (χ4n) is 3.55. The van der Waals surface area contributed by atoms with Crippen LogP contribution in [-0.4, -0.2) is 49.1 Å². The van der Waals surface area contributed by atoms with Crippen molar-refractivity contribution < 1.29 is 23.5 Å². The van der Waals surface area contributed by atoms with Crippen molar-refractivity contribution in [3.8, 4) is 11.5 Å². The van der Waals surface area contributed by atoms with Crippen LogP contribution in [0.2, 0.25) is 0 Å². The van der Waals surface area contributed by atoms with E-state index < -0.39 is 5.82 Å². The number of carbonyl (C=O) groups excluding carboxylic acids is 2. The quantitative estimate of drug-likeness (QED) is 0.884. The zero-order chi connectivity index (χ0) is 19.5. The van der Waals surface area contributed by atoms with Crippen molar-refractivity contribution in [2.24, 2.45) is 0 Å². The Hall–Kier alpha value is -3.09. The molecule has 0 radical (unpaired) electrons. The smallest absolute Gasteiger partial charge is 0.256 e. The second kappa shape index (κ2) is 7.88. The lowest BCUT2D eigenvalue weighted by Gasteiger charge is -2.32. The summed E-state index contributed by atoms with van der Waals surface area (Å²) in [5.41, 5.74) is 0.528. The normalized spacial score (nSPS) is 16.5. The molecule has 0 spiro atoms. The van der Waals surface area contributed by atoms with Gasteiger partial charge in [0.25, 0.3) is 11.8 Å². The maximum absolute atomic E-state index is 13.8. The van der Waals surface area contributed by atoms with E-state index in [1.165, 1.54) is 12.1 Å². The maximum atomic E-state index is 13.8. The van der Waals surface area contributed by atoms with E-state index in [0.29, 0.717) is 56.2 Å². The van der Waals surface area contributed by atoms with Crippen LogP contribution in [0.1, 0.15) is 33.6 Å². The summed E-state index contributed by atoms with van der Waals surface area (Å²) in [5.74, 6) is -0.00611. The molecule has 7 heteroatoms. The molecule has 1 fully saturated rings. The van der Waals surface area contributed by atoms with Crippen molar-refractivity contribution in [1.82, 2.24) is 10.2 Å². The minimum atomic E-state index is -0.515. The Balaban J connectivity index is 1.37. The number of hydrogen-bond donors (Lipinski definition) is 1. The highest BCUT2D eigenvalue weighted by molar-refractivity contribution is 5.98. The average molecular weight is 384 g/mol. The number of piperidine rings is 1. The summed E-state index contributed by atoms with van der Waals surface area (Å²) in [6, 6.07) is 11.2. The highest BCUT2D eigenvalue weighted by Crippen LogP contribution is 2.33. The number of carbonyl (C=O) groups is 2. The molecule has 2 amide bonds. The minimum absolute atomic E-state index is 0.0578. The summed E-state index contributed by atoms with van der Waals surface area (Å²) in [4.78, 5) is 26.8. The van der Waals surface area contributed by atoms with E-state index in [1.54, 1.807) is 35.2 Å². The predicted molar refractivity (Wildman–Crippen MR) is 100 cm³/mol. The first-order chi connectivity index (χ1) is 13.6. The number of amides is 2. The first-order valence-corrected chi connectivity index (χ1v) is 9.37. The molecule has 0 unspecified atom stereocenters. The number of nitrogens with zero attached hydrogens (tertiary/aromatic N) is 1. The van der Waals surface area contributed by atoms with Gasteiger partial charge in [-0.25, -0.2) is 4.39 Å². The van der Waals surface area contributed by atoms with Gasteiger partial charge in [-0.1, -0.05) is 18.2 Å². The molecule has 28 heavy (non-hydrogen) atoms. The third kappa shape index (κ3) is 3.65. The Bertz CT molecular complexity index is 894. The molecular formula is C21H21FN2O4. The minimum Gasteiger partial charge on any atom is -0.486 e. The summed E-state index contributed by atoms with van der Waals surface area (Å²) in [6.45, 7) is 1.80. The van der Waals surface area contributed by atoms with Crippen LogP contribution in [0.15, 0.2) is 42.5 Å². The van der Waals surface area contributed by atoms with Gasteiger partial charge in [0, 0.05) is 19.1 Å². The Kier molecular flexibility index (Phi) is 5.14. The maximum Gasteiger partial charge on any atom is 0.256 e. The molecule has 1 saturated heterocycles. The number of para-hydroxylation sites is 1. The first-order valence-electron chi connectivity index (χ1n) is 9.37. The van der Waals surface area contributed by atoms with Crippen molar-refractivity contribution >= 4 is 11.8 Å². The van der Waals surface area contributed by atoms with Crippen molar-refractivity contribution in [1.29, 1.82) is 0 Å².